The molecule has 1 heterocycles. The zero-order valence-electron chi connectivity index (χ0n) is 13.0. The maximum absolute atomic E-state index is 6.06. The van der Waals surface area contributed by atoms with E-state index in [2.05, 4.69) is 46.0 Å². The van der Waals surface area contributed by atoms with Gasteiger partial charge in [0.25, 0.3) is 0 Å². The molecule has 0 spiro atoms. The van der Waals surface area contributed by atoms with Crippen LogP contribution in [-0.4, -0.2) is 18.6 Å². The van der Waals surface area contributed by atoms with Crippen LogP contribution in [0.1, 0.15) is 51.0 Å². The molecule has 116 valence electrons. The second-order valence-corrected chi connectivity index (χ2v) is 7.82. The van der Waals surface area contributed by atoms with Crippen molar-refractivity contribution in [1.82, 2.24) is 0 Å². The molecule has 2 nitrogen and oxygen atoms in total. The van der Waals surface area contributed by atoms with E-state index in [0.29, 0.717) is 0 Å². The van der Waals surface area contributed by atoms with E-state index in [1.165, 1.54) is 60.8 Å². The first kappa shape index (κ1) is 15.4. The Morgan fingerprint density at radius 3 is 2.81 bits per heavy atom. The van der Waals surface area contributed by atoms with E-state index in [-0.39, 0.29) is 6.04 Å². The van der Waals surface area contributed by atoms with Crippen LogP contribution < -0.4 is 10.6 Å². The Morgan fingerprint density at radius 2 is 2.00 bits per heavy atom. The van der Waals surface area contributed by atoms with Crippen molar-refractivity contribution < 1.29 is 0 Å². The van der Waals surface area contributed by atoms with Crippen molar-refractivity contribution >= 4 is 21.6 Å². The summed E-state index contributed by atoms with van der Waals surface area (Å²) in [7, 11) is 0. The van der Waals surface area contributed by atoms with E-state index in [0.717, 1.165) is 18.4 Å². The molecule has 0 radical (unpaired) electrons. The summed E-state index contributed by atoms with van der Waals surface area (Å²) >= 11 is 3.66. The zero-order valence-corrected chi connectivity index (χ0v) is 14.6. The fraction of sp³-hybridized carbons (Fsp3) is 0.667. The van der Waals surface area contributed by atoms with Crippen LogP contribution in [0, 0.1) is 5.92 Å². The van der Waals surface area contributed by atoms with Gasteiger partial charge in [-0.25, -0.2) is 0 Å². The van der Waals surface area contributed by atoms with Crippen molar-refractivity contribution in [1.29, 1.82) is 0 Å². The van der Waals surface area contributed by atoms with Gasteiger partial charge < -0.3 is 10.6 Å². The number of benzene rings is 1. The summed E-state index contributed by atoms with van der Waals surface area (Å²) in [6, 6.07) is 7.71. The number of anilines is 1. The Labute approximate surface area is 137 Å². The standard InChI is InChI=1S/C18H27BrN2/c1-13(20)11-15-8-9-16(19)12-18(15)21-10-4-6-14-5-2-3-7-17(14)21/h8-9,12-14,17H,2-7,10-11,20H2,1H3. The predicted molar refractivity (Wildman–Crippen MR) is 93.8 cm³/mol. The number of halogens is 1. The normalized spacial score (nSPS) is 27.3. The third-order valence-electron chi connectivity index (χ3n) is 5.14. The lowest BCUT2D eigenvalue weighted by molar-refractivity contribution is 0.243. The fourth-order valence-corrected chi connectivity index (χ4v) is 4.60. The molecule has 3 unspecified atom stereocenters. The molecule has 1 aliphatic heterocycles. The van der Waals surface area contributed by atoms with Crippen molar-refractivity contribution in [3.8, 4) is 0 Å². The van der Waals surface area contributed by atoms with E-state index in [1.807, 2.05) is 0 Å². The van der Waals surface area contributed by atoms with Crippen molar-refractivity contribution in [3.05, 3.63) is 28.2 Å². The molecule has 3 atom stereocenters. The van der Waals surface area contributed by atoms with Gasteiger partial charge in [-0.1, -0.05) is 34.8 Å². The highest BCUT2D eigenvalue weighted by Crippen LogP contribution is 2.39. The van der Waals surface area contributed by atoms with E-state index in [9.17, 15) is 0 Å². The largest absolute Gasteiger partial charge is 0.368 e. The van der Waals surface area contributed by atoms with Crippen molar-refractivity contribution in [2.75, 3.05) is 11.4 Å². The molecule has 2 aliphatic rings. The van der Waals surface area contributed by atoms with Gasteiger partial charge in [0, 0.05) is 28.8 Å². The van der Waals surface area contributed by atoms with E-state index >= 15 is 0 Å². The average molecular weight is 351 g/mol. The molecule has 3 rings (SSSR count). The number of piperidine rings is 1. The number of rotatable bonds is 3. The minimum atomic E-state index is 0.219. The highest BCUT2D eigenvalue weighted by Gasteiger charge is 2.34. The van der Waals surface area contributed by atoms with Crippen LogP contribution in [0.2, 0.25) is 0 Å². The Balaban J connectivity index is 1.91. The van der Waals surface area contributed by atoms with Crippen molar-refractivity contribution in [2.24, 2.45) is 11.7 Å². The van der Waals surface area contributed by atoms with Gasteiger partial charge in [0.05, 0.1) is 0 Å². The minimum absolute atomic E-state index is 0.219. The highest BCUT2D eigenvalue weighted by atomic mass is 79.9. The molecular weight excluding hydrogens is 324 g/mol. The summed E-state index contributed by atoms with van der Waals surface area (Å²) < 4.78 is 1.18. The number of fused-ring (bicyclic) bond motifs is 1. The summed E-state index contributed by atoms with van der Waals surface area (Å²) in [5.74, 6) is 0.912. The maximum Gasteiger partial charge on any atom is 0.0413 e. The second kappa shape index (κ2) is 6.70. The average Bonchev–Trinajstić information content (AvgIpc) is 2.48. The van der Waals surface area contributed by atoms with Gasteiger partial charge in [-0.3, -0.25) is 0 Å². The summed E-state index contributed by atoms with van der Waals surface area (Å²) in [5.41, 5.74) is 8.91. The first-order valence-corrected chi connectivity index (χ1v) is 9.25. The van der Waals surface area contributed by atoms with Crippen molar-refractivity contribution in [3.63, 3.8) is 0 Å². The number of hydrogen-bond acceptors (Lipinski definition) is 2. The van der Waals surface area contributed by atoms with Gasteiger partial charge >= 0.3 is 0 Å². The Kier molecular flexibility index (Phi) is 4.90. The summed E-state index contributed by atoms with van der Waals surface area (Å²) in [6.07, 6.45) is 9.36. The molecule has 2 fully saturated rings. The molecule has 0 amide bonds. The number of hydrogen-bond donors (Lipinski definition) is 1. The van der Waals surface area contributed by atoms with Gasteiger partial charge in [0.1, 0.15) is 0 Å². The molecule has 1 saturated heterocycles. The van der Waals surface area contributed by atoms with Crippen LogP contribution >= 0.6 is 15.9 Å². The first-order valence-electron chi connectivity index (χ1n) is 8.46. The first-order chi connectivity index (χ1) is 10.1. The topological polar surface area (TPSA) is 29.3 Å². The second-order valence-electron chi connectivity index (χ2n) is 6.90. The monoisotopic (exact) mass is 350 g/mol. The predicted octanol–water partition coefficient (Wildman–Crippen LogP) is 4.50. The smallest absolute Gasteiger partial charge is 0.0413 e. The lowest BCUT2D eigenvalue weighted by Gasteiger charge is -2.46. The highest BCUT2D eigenvalue weighted by molar-refractivity contribution is 9.10. The third-order valence-corrected chi connectivity index (χ3v) is 5.64. The van der Waals surface area contributed by atoms with Crippen LogP contribution in [0.15, 0.2) is 22.7 Å². The van der Waals surface area contributed by atoms with Crippen LogP contribution in [0.25, 0.3) is 0 Å². The van der Waals surface area contributed by atoms with Gasteiger partial charge in [0.2, 0.25) is 0 Å². The molecule has 1 aliphatic carbocycles. The molecule has 3 heteroatoms. The van der Waals surface area contributed by atoms with Crippen LogP contribution in [0.4, 0.5) is 5.69 Å². The van der Waals surface area contributed by atoms with E-state index in [1.54, 1.807) is 0 Å². The summed E-state index contributed by atoms with van der Waals surface area (Å²) in [5, 5.41) is 0. The van der Waals surface area contributed by atoms with Crippen molar-refractivity contribution in [2.45, 2.75) is 64.0 Å². The van der Waals surface area contributed by atoms with E-state index < -0.39 is 0 Å². The Hall–Kier alpha value is -0.540. The molecule has 1 aromatic rings. The van der Waals surface area contributed by atoms with Gasteiger partial charge in [-0.15, -0.1) is 0 Å². The van der Waals surface area contributed by atoms with Crippen LogP contribution in [0.3, 0.4) is 0 Å². The molecule has 1 saturated carbocycles. The lowest BCUT2D eigenvalue weighted by Crippen LogP contribution is -2.47. The Morgan fingerprint density at radius 1 is 1.24 bits per heavy atom. The van der Waals surface area contributed by atoms with Gasteiger partial charge in [-0.2, -0.15) is 0 Å². The zero-order chi connectivity index (χ0) is 14.8. The third kappa shape index (κ3) is 3.45. The molecule has 0 bridgehead atoms. The molecule has 1 aromatic carbocycles. The summed E-state index contributed by atoms with van der Waals surface area (Å²) in [6.45, 7) is 3.31. The summed E-state index contributed by atoms with van der Waals surface area (Å²) in [4.78, 5) is 2.70. The quantitative estimate of drug-likeness (QED) is 0.869. The van der Waals surface area contributed by atoms with Gasteiger partial charge in [-0.05, 0) is 62.6 Å². The molecule has 0 aromatic heterocycles. The molecular formula is C18H27BrN2. The minimum Gasteiger partial charge on any atom is -0.368 e. The van der Waals surface area contributed by atoms with Gasteiger partial charge in [0.15, 0.2) is 0 Å². The SMILES string of the molecule is CC(N)Cc1ccc(Br)cc1N1CCCC2CCCCC21. The maximum atomic E-state index is 6.06. The number of nitrogens with zero attached hydrogens (tertiary/aromatic N) is 1. The fourth-order valence-electron chi connectivity index (χ4n) is 4.25. The molecule has 21 heavy (non-hydrogen) atoms. The lowest BCUT2D eigenvalue weighted by atomic mass is 9.78. The number of nitrogens with two attached hydrogens (primary N) is 1. The molecule has 2 N–H and O–H groups in total. The van der Waals surface area contributed by atoms with Crippen LogP contribution in [-0.2, 0) is 6.42 Å². The van der Waals surface area contributed by atoms with E-state index in [4.69, 9.17) is 5.73 Å². The van der Waals surface area contributed by atoms with Crippen LogP contribution in [0.5, 0.6) is 0 Å². The Bertz CT molecular complexity index is 484.